The van der Waals surface area contributed by atoms with Crippen molar-refractivity contribution < 1.29 is 9.53 Å². The SMILES string of the molecule is NC1(OC=O)C=NN=N1. The molecular formula is C3H4N4O2. The van der Waals surface area contributed by atoms with Gasteiger partial charge in [0.1, 0.15) is 6.21 Å². The zero-order valence-corrected chi connectivity index (χ0v) is 4.39. The van der Waals surface area contributed by atoms with Crippen LogP contribution < -0.4 is 5.73 Å². The number of nitrogens with zero attached hydrogens (tertiary/aromatic N) is 3. The zero-order valence-electron chi connectivity index (χ0n) is 4.39. The molecule has 0 radical (unpaired) electrons. The molecule has 1 aliphatic heterocycles. The van der Waals surface area contributed by atoms with Crippen LogP contribution in [0.5, 0.6) is 0 Å². The van der Waals surface area contributed by atoms with Gasteiger partial charge in [0.2, 0.25) is 0 Å². The smallest absolute Gasteiger partial charge is 0.317 e. The molecule has 0 aromatic rings. The van der Waals surface area contributed by atoms with Crippen molar-refractivity contribution in [3.8, 4) is 0 Å². The lowest BCUT2D eigenvalue weighted by molar-refractivity contribution is -0.136. The summed E-state index contributed by atoms with van der Waals surface area (Å²) in [5, 5.41) is 9.70. The maximum atomic E-state index is 9.70. The van der Waals surface area contributed by atoms with Crippen LogP contribution in [-0.2, 0) is 9.53 Å². The molecule has 6 nitrogen and oxygen atoms in total. The first-order chi connectivity index (χ1) is 4.27. The Kier molecular flexibility index (Phi) is 1.23. The summed E-state index contributed by atoms with van der Waals surface area (Å²) in [4.78, 5) is 9.70. The Morgan fingerprint density at radius 2 is 2.56 bits per heavy atom. The van der Waals surface area contributed by atoms with Crippen LogP contribution in [-0.4, -0.2) is 18.5 Å². The summed E-state index contributed by atoms with van der Waals surface area (Å²) in [5.74, 6) is -1.46. The molecule has 0 saturated heterocycles. The lowest BCUT2D eigenvalue weighted by atomic mass is 10.5. The minimum atomic E-state index is -1.46. The third kappa shape index (κ3) is 1.08. The molecule has 48 valence electrons. The molecule has 6 heteroatoms. The Morgan fingerprint density at radius 1 is 1.78 bits per heavy atom. The highest BCUT2D eigenvalue weighted by molar-refractivity contribution is 5.69. The number of carbonyl (C=O) groups is 1. The van der Waals surface area contributed by atoms with Crippen LogP contribution in [0.25, 0.3) is 0 Å². The standard InChI is InChI=1S/C3H4N4O2/c4-3(9-2-8)1-5-7-6-3/h1-2H,4H2. The first-order valence-electron chi connectivity index (χ1n) is 2.13. The largest absolute Gasteiger partial charge is 0.418 e. The molecule has 0 fully saturated rings. The van der Waals surface area contributed by atoms with Gasteiger partial charge in [-0.3, -0.25) is 10.5 Å². The summed E-state index contributed by atoms with van der Waals surface area (Å²) in [6.07, 6.45) is 1.13. The monoisotopic (exact) mass is 128 g/mol. The van der Waals surface area contributed by atoms with Gasteiger partial charge < -0.3 is 4.74 Å². The molecule has 0 spiro atoms. The van der Waals surface area contributed by atoms with E-state index in [1.807, 2.05) is 0 Å². The molecule has 2 N–H and O–H groups in total. The third-order valence-electron chi connectivity index (χ3n) is 0.732. The molecule has 1 atom stereocenters. The molecule has 1 aliphatic rings. The average Bonchev–Trinajstić information content (AvgIpc) is 2.16. The summed E-state index contributed by atoms with van der Waals surface area (Å²) in [7, 11) is 0. The Balaban J connectivity index is 2.63. The van der Waals surface area contributed by atoms with Crippen LogP contribution in [0.3, 0.4) is 0 Å². The van der Waals surface area contributed by atoms with E-state index in [-0.39, 0.29) is 6.47 Å². The van der Waals surface area contributed by atoms with Gasteiger partial charge in [-0.2, -0.15) is 0 Å². The van der Waals surface area contributed by atoms with Crippen molar-refractivity contribution in [1.82, 2.24) is 0 Å². The van der Waals surface area contributed by atoms with E-state index in [1.54, 1.807) is 0 Å². The lowest BCUT2D eigenvalue weighted by Gasteiger charge is -2.09. The molecule has 0 aromatic carbocycles. The summed E-state index contributed by atoms with van der Waals surface area (Å²) in [5.41, 5.74) is 5.21. The third-order valence-corrected chi connectivity index (χ3v) is 0.732. The predicted molar refractivity (Wildman–Crippen MR) is 27.4 cm³/mol. The Hall–Kier alpha value is -1.30. The van der Waals surface area contributed by atoms with E-state index in [0.717, 1.165) is 6.21 Å². The molecule has 0 bridgehead atoms. The maximum Gasteiger partial charge on any atom is 0.317 e. The van der Waals surface area contributed by atoms with Gasteiger partial charge >= 0.3 is 5.85 Å². The Morgan fingerprint density at radius 3 is 3.00 bits per heavy atom. The van der Waals surface area contributed by atoms with Crippen molar-refractivity contribution >= 4 is 12.7 Å². The van der Waals surface area contributed by atoms with Gasteiger partial charge in [-0.1, -0.05) is 5.11 Å². The fourth-order valence-electron chi connectivity index (χ4n) is 0.361. The molecule has 0 amide bonds. The Bertz CT molecular complexity index is 163. The predicted octanol–water partition coefficient (Wildman–Crippen LogP) is -0.777. The lowest BCUT2D eigenvalue weighted by Crippen LogP contribution is -2.40. The molecule has 0 saturated carbocycles. The van der Waals surface area contributed by atoms with E-state index >= 15 is 0 Å². The zero-order chi connectivity index (χ0) is 6.74. The summed E-state index contributed by atoms with van der Waals surface area (Å²) < 4.78 is 4.28. The van der Waals surface area contributed by atoms with E-state index in [2.05, 4.69) is 20.2 Å². The van der Waals surface area contributed by atoms with Crippen LogP contribution in [0, 0.1) is 0 Å². The number of hydrogen-bond donors (Lipinski definition) is 1. The molecule has 0 aliphatic carbocycles. The minimum Gasteiger partial charge on any atom is -0.418 e. The highest BCUT2D eigenvalue weighted by Gasteiger charge is 2.26. The molecular weight excluding hydrogens is 124 g/mol. The first-order valence-corrected chi connectivity index (χ1v) is 2.13. The first kappa shape index (κ1) is 5.83. The second-order valence-corrected chi connectivity index (χ2v) is 1.40. The number of ether oxygens (including phenoxy) is 1. The number of hydrogen-bond acceptors (Lipinski definition) is 6. The van der Waals surface area contributed by atoms with Crippen LogP contribution in [0.4, 0.5) is 0 Å². The van der Waals surface area contributed by atoms with Gasteiger partial charge in [0, 0.05) is 0 Å². The quantitative estimate of drug-likeness (QED) is 0.391. The van der Waals surface area contributed by atoms with Crippen molar-refractivity contribution in [2.45, 2.75) is 5.85 Å². The fraction of sp³-hybridized carbons (Fsp3) is 0.333. The van der Waals surface area contributed by atoms with E-state index in [4.69, 9.17) is 5.73 Å². The summed E-state index contributed by atoms with van der Waals surface area (Å²) in [6.45, 7) is 0.191. The van der Waals surface area contributed by atoms with Crippen molar-refractivity contribution in [2.24, 2.45) is 21.2 Å². The minimum absolute atomic E-state index is 0.191. The Labute approximate surface area is 50.4 Å². The normalized spacial score (nSPS) is 30.8. The molecule has 1 unspecified atom stereocenters. The fourth-order valence-corrected chi connectivity index (χ4v) is 0.361. The van der Waals surface area contributed by atoms with E-state index in [1.165, 1.54) is 0 Å². The van der Waals surface area contributed by atoms with Crippen LogP contribution in [0.15, 0.2) is 15.4 Å². The van der Waals surface area contributed by atoms with Gasteiger partial charge in [-0.15, -0.1) is 5.10 Å². The second-order valence-electron chi connectivity index (χ2n) is 1.40. The van der Waals surface area contributed by atoms with Crippen molar-refractivity contribution in [3.05, 3.63) is 0 Å². The van der Waals surface area contributed by atoms with Crippen molar-refractivity contribution in [1.29, 1.82) is 0 Å². The van der Waals surface area contributed by atoms with Crippen LogP contribution >= 0.6 is 0 Å². The van der Waals surface area contributed by atoms with Crippen LogP contribution in [0.2, 0.25) is 0 Å². The highest BCUT2D eigenvalue weighted by Crippen LogP contribution is 2.06. The summed E-state index contributed by atoms with van der Waals surface area (Å²) in [6, 6.07) is 0. The van der Waals surface area contributed by atoms with Gasteiger partial charge in [0.05, 0.1) is 0 Å². The van der Waals surface area contributed by atoms with E-state index < -0.39 is 5.85 Å². The molecule has 9 heavy (non-hydrogen) atoms. The van der Waals surface area contributed by atoms with Gasteiger partial charge in [-0.25, -0.2) is 0 Å². The van der Waals surface area contributed by atoms with Gasteiger partial charge in [0.15, 0.2) is 0 Å². The number of nitrogens with two attached hydrogens (primary N) is 1. The topological polar surface area (TPSA) is 89.4 Å². The second kappa shape index (κ2) is 1.90. The van der Waals surface area contributed by atoms with E-state index in [0.29, 0.717) is 0 Å². The van der Waals surface area contributed by atoms with Gasteiger partial charge in [-0.05, 0) is 5.22 Å². The van der Waals surface area contributed by atoms with E-state index in [9.17, 15) is 4.79 Å². The molecule has 1 heterocycles. The molecule has 0 aromatic heterocycles. The summed E-state index contributed by atoms with van der Waals surface area (Å²) >= 11 is 0. The van der Waals surface area contributed by atoms with Crippen molar-refractivity contribution in [2.75, 3.05) is 0 Å². The number of carbonyl (C=O) groups excluding carboxylic acids is 1. The molecule has 1 rings (SSSR count). The average molecular weight is 128 g/mol. The van der Waals surface area contributed by atoms with Crippen LogP contribution in [0.1, 0.15) is 0 Å². The maximum absolute atomic E-state index is 9.70. The van der Waals surface area contributed by atoms with Gasteiger partial charge in [0.25, 0.3) is 6.47 Å². The van der Waals surface area contributed by atoms with Crippen molar-refractivity contribution in [3.63, 3.8) is 0 Å². The number of rotatable bonds is 2. The highest BCUT2D eigenvalue weighted by atomic mass is 16.6.